The first kappa shape index (κ1) is 28.4. The van der Waals surface area contributed by atoms with Crippen LogP contribution in [0, 0.1) is 5.82 Å². The smallest absolute Gasteiger partial charge is 0.273 e. The Morgan fingerprint density at radius 3 is 2.57 bits per heavy atom. The summed E-state index contributed by atoms with van der Waals surface area (Å²) in [6.45, 7) is 7.43. The molecular formula is C28H30ClFN4O2S. The van der Waals surface area contributed by atoms with Gasteiger partial charge in [0.05, 0.1) is 17.5 Å². The third kappa shape index (κ3) is 9.00. The van der Waals surface area contributed by atoms with Crippen LogP contribution in [0.25, 0.3) is 0 Å². The molecule has 0 aliphatic carbocycles. The molecule has 0 aliphatic rings. The summed E-state index contributed by atoms with van der Waals surface area (Å²) < 4.78 is 13.3. The first-order valence-electron chi connectivity index (χ1n) is 12.0. The quantitative estimate of drug-likeness (QED) is 0.166. The highest BCUT2D eigenvalue weighted by molar-refractivity contribution is 7.98. The SMILES string of the molecule is CCN(CC)CCSCc1cccc(C(=O)Nc2ccc(Cl)cc2C(=O)NN=Cc2cccc(F)c2)c1. The lowest BCUT2D eigenvalue weighted by molar-refractivity contribution is 0.0956. The lowest BCUT2D eigenvalue weighted by atomic mass is 10.1. The van der Waals surface area contributed by atoms with Gasteiger partial charge in [-0.25, -0.2) is 9.82 Å². The molecule has 0 saturated carbocycles. The van der Waals surface area contributed by atoms with E-state index in [-0.39, 0.29) is 11.5 Å². The average Bonchev–Trinajstić information content (AvgIpc) is 2.90. The summed E-state index contributed by atoms with van der Waals surface area (Å²) in [5, 5.41) is 7.02. The van der Waals surface area contributed by atoms with Crippen LogP contribution < -0.4 is 10.7 Å². The minimum Gasteiger partial charge on any atom is -0.321 e. The van der Waals surface area contributed by atoms with Crippen LogP contribution in [-0.4, -0.2) is 48.3 Å². The van der Waals surface area contributed by atoms with Gasteiger partial charge >= 0.3 is 0 Å². The Morgan fingerprint density at radius 2 is 1.81 bits per heavy atom. The number of hydrogen-bond donors (Lipinski definition) is 2. The molecule has 0 radical (unpaired) electrons. The number of anilines is 1. The first-order valence-corrected chi connectivity index (χ1v) is 13.5. The lowest BCUT2D eigenvalue weighted by Crippen LogP contribution is -2.25. The summed E-state index contributed by atoms with van der Waals surface area (Å²) in [6.07, 6.45) is 1.33. The predicted octanol–water partition coefficient (Wildman–Crippen LogP) is 6.07. The van der Waals surface area contributed by atoms with Gasteiger partial charge < -0.3 is 10.2 Å². The number of hydrogen-bond acceptors (Lipinski definition) is 5. The van der Waals surface area contributed by atoms with Crippen molar-refractivity contribution < 1.29 is 14.0 Å². The molecule has 2 amide bonds. The van der Waals surface area contributed by atoms with Crippen LogP contribution in [0.1, 0.15) is 45.7 Å². The number of nitrogens with one attached hydrogen (secondary N) is 2. The molecule has 0 heterocycles. The Hall–Kier alpha value is -3.20. The Balaban J connectivity index is 1.64. The van der Waals surface area contributed by atoms with Gasteiger partial charge in [-0.3, -0.25) is 9.59 Å². The molecule has 0 unspecified atom stereocenters. The Kier molecular flexibility index (Phi) is 11.1. The molecule has 0 aliphatic heterocycles. The van der Waals surface area contributed by atoms with Crippen molar-refractivity contribution >= 4 is 47.1 Å². The number of nitrogens with zero attached hydrogens (tertiary/aromatic N) is 2. The van der Waals surface area contributed by atoms with E-state index < -0.39 is 11.7 Å². The first-order chi connectivity index (χ1) is 17.9. The summed E-state index contributed by atoms with van der Waals surface area (Å²) in [6, 6.07) is 17.9. The fourth-order valence-electron chi connectivity index (χ4n) is 3.55. The van der Waals surface area contributed by atoms with Crippen LogP contribution in [0.2, 0.25) is 5.02 Å². The van der Waals surface area contributed by atoms with E-state index in [0.29, 0.717) is 21.8 Å². The van der Waals surface area contributed by atoms with Crippen LogP contribution in [0.4, 0.5) is 10.1 Å². The van der Waals surface area contributed by atoms with Gasteiger partial charge in [0.1, 0.15) is 5.82 Å². The van der Waals surface area contributed by atoms with Crippen LogP contribution in [0.15, 0.2) is 71.8 Å². The maximum atomic E-state index is 13.3. The lowest BCUT2D eigenvalue weighted by Gasteiger charge is -2.17. The monoisotopic (exact) mass is 540 g/mol. The minimum atomic E-state index is -0.566. The zero-order valence-electron chi connectivity index (χ0n) is 20.8. The number of halogens is 2. The third-order valence-corrected chi connectivity index (χ3v) is 6.85. The molecule has 37 heavy (non-hydrogen) atoms. The van der Waals surface area contributed by atoms with Gasteiger partial charge in [0.2, 0.25) is 0 Å². The molecule has 6 nitrogen and oxygen atoms in total. The number of benzene rings is 3. The van der Waals surface area contributed by atoms with Gasteiger partial charge in [0, 0.05) is 28.6 Å². The van der Waals surface area contributed by atoms with Gasteiger partial charge in [-0.1, -0.05) is 49.7 Å². The van der Waals surface area contributed by atoms with E-state index in [9.17, 15) is 14.0 Å². The summed E-state index contributed by atoms with van der Waals surface area (Å²) in [5.74, 6) is 0.513. The highest BCUT2D eigenvalue weighted by Crippen LogP contribution is 2.22. The third-order valence-electron chi connectivity index (χ3n) is 5.61. The van der Waals surface area contributed by atoms with Gasteiger partial charge in [0.15, 0.2) is 0 Å². The Morgan fingerprint density at radius 1 is 1.03 bits per heavy atom. The number of carbonyl (C=O) groups is 2. The summed E-state index contributed by atoms with van der Waals surface area (Å²) in [4.78, 5) is 28.1. The molecule has 194 valence electrons. The maximum absolute atomic E-state index is 13.3. The zero-order valence-corrected chi connectivity index (χ0v) is 22.4. The average molecular weight is 541 g/mol. The second-order valence-electron chi connectivity index (χ2n) is 8.18. The molecule has 0 bridgehead atoms. The van der Waals surface area contributed by atoms with E-state index in [2.05, 4.69) is 34.6 Å². The van der Waals surface area contributed by atoms with E-state index in [0.717, 1.165) is 36.7 Å². The van der Waals surface area contributed by atoms with Crippen molar-refractivity contribution in [3.63, 3.8) is 0 Å². The summed E-state index contributed by atoms with van der Waals surface area (Å²) in [5.41, 5.74) is 4.88. The van der Waals surface area contributed by atoms with Crippen LogP contribution in [0.3, 0.4) is 0 Å². The normalized spacial score (nSPS) is 11.2. The summed E-state index contributed by atoms with van der Waals surface area (Å²) in [7, 11) is 0. The van der Waals surface area contributed by atoms with Crippen molar-refractivity contribution in [3.05, 3.63) is 99.8 Å². The van der Waals surface area contributed by atoms with Crippen LogP contribution >= 0.6 is 23.4 Å². The molecular weight excluding hydrogens is 511 g/mol. The number of amides is 2. The second-order valence-corrected chi connectivity index (χ2v) is 9.72. The van der Waals surface area contributed by atoms with E-state index in [1.54, 1.807) is 30.3 Å². The maximum Gasteiger partial charge on any atom is 0.273 e. The van der Waals surface area contributed by atoms with E-state index in [1.165, 1.54) is 24.4 Å². The largest absolute Gasteiger partial charge is 0.321 e. The van der Waals surface area contributed by atoms with Gasteiger partial charge in [-0.05, 0) is 66.7 Å². The minimum absolute atomic E-state index is 0.153. The molecule has 3 aromatic rings. The molecule has 0 saturated heterocycles. The van der Waals surface area contributed by atoms with E-state index in [1.807, 2.05) is 30.0 Å². The molecule has 2 N–H and O–H groups in total. The summed E-state index contributed by atoms with van der Waals surface area (Å²) >= 11 is 7.93. The molecule has 9 heteroatoms. The van der Waals surface area contributed by atoms with Crippen molar-refractivity contribution in [1.29, 1.82) is 0 Å². The van der Waals surface area contributed by atoms with Gasteiger partial charge in [-0.15, -0.1) is 0 Å². The van der Waals surface area contributed by atoms with E-state index in [4.69, 9.17) is 11.6 Å². The van der Waals surface area contributed by atoms with Crippen molar-refractivity contribution in [2.75, 3.05) is 30.7 Å². The number of thioether (sulfide) groups is 1. The Labute approximate surface area is 226 Å². The van der Waals surface area contributed by atoms with E-state index >= 15 is 0 Å². The predicted molar refractivity (Wildman–Crippen MR) is 151 cm³/mol. The standard InChI is InChI=1S/C28H30ClFN4O2S/c1-3-34(4-2)13-14-37-19-21-8-5-9-22(15-21)27(35)32-26-12-11-23(29)17-25(26)28(36)33-31-18-20-7-6-10-24(30)16-20/h5-12,15-18H,3-4,13-14,19H2,1-2H3,(H,32,35)(H,33,36). The molecule has 3 rings (SSSR count). The molecule has 0 aromatic heterocycles. The van der Waals surface area contributed by atoms with Crippen molar-refractivity contribution in [2.45, 2.75) is 19.6 Å². The highest BCUT2D eigenvalue weighted by atomic mass is 35.5. The Bertz CT molecular complexity index is 1250. The van der Waals surface area contributed by atoms with Crippen molar-refractivity contribution in [2.24, 2.45) is 5.10 Å². The fraction of sp³-hybridized carbons (Fsp3) is 0.250. The van der Waals surface area contributed by atoms with Crippen molar-refractivity contribution in [3.8, 4) is 0 Å². The van der Waals surface area contributed by atoms with Crippen LogP contribution in [0.5, 0.6) is 0 Å². The molecule has 3 aromatic carbocycles. The van der Waals surface area contributed by atoms with Crippen molar-refractivity contribution in [1.82, 2.24) is 10.3 Å². The van der Waals surface area contributed by atoms with Gasteiger partial charge in [0.25, 0.3) is 11.8 Å². The number of rotatable bonds is 12. The topological polar surface area (TPSA) is 73.8 Å². The fourth-order valence-corrected chi connectivity index (χ4v) is 4.67. The molecule has 0 spiro atoms. The number of hydrazone groups is 1. The second kappa shape index (κ2) is 14.5. The van der Waals surface area contributed by atoms with Crippen LogP contribution in [-0.2, 0) is 5.75 Å². The zero-order chi connectivity index (χ0) is 26.6. The molecule has 0 fully saturated rings. The molecule has 0 atom stereocenters. The highest BCUT2D eigenvalue weighted by Gasteiger charge is 2.15. The van der Waals surface area contributed by atoms with Gasteiger partial charge in [-0.2, -0.15) is 16.9 Å². The number of carbonyl (C=O) groups excluding carboxylic acids is 2.